The molecule has 0 saturated carbocycles. The van der Waals surface area contributed by atoms with Crippen molar-refractivity contribution < 1.29 is 23.5 Å². The molecule has 27 heavy (non-hydrogen) atoms. The molecule has 6 nitrogen and oxygen atoms in total. The molecule has 0 radical (unpaired) electrons. The molecule has 0 aliphatic carbocycles. The lowest BCUT2D eigenvalue weighted by molar-refractivity contribution is -0.132. The summed E-state index contributed by atoms with van der Waals surface area (Å²) >= 11 is 0. The topological polar surface area (TPSA) is 59.1 Å². The number of hydrogen-bond acceptors (Lipinski definition) is 4. The largest absolute Gasteiger partial charge is 0.489 e. The lowest BCUT2D eigenvalue weighted by atomic mass is 10.2. The summed E-state index contributed by atoms with van der Waals surface area (Å²) in [7, 11) is 1.62. The average Bonchev–Trinajstić information content (AvgIpc) is 2.66. The highest BCUT2D eigenvalue weighted by Crippen LogP contribution is 2.33. The van der Waals surface area contributed by atoms with Gasteiger partial charge in [-0.05, 0) is 31.2 Å². The molecule has 0 aromatic heterocycles. The number of anilines is 1. The maximum Gasteiger partial charge on any atom is 0.268 e. The molecule has 2 aromatic rings. The molecular weight excluding hydrogens is 351 g/mol. The molecule has 0 spiro atoms. The third-order valence-corrected chi connectivity index (χ3v) is 4.31. The van der Waals surface area contributed by atoms with E-state index < -0.39 is 11.9 Å². The van der Waals surface area contributed by atoms with Gasteiger partial charge < -0.3 is 14.4 Å². The van der Waals surface area contributed by atoms with Gasteiger partial charge in [-0.15, -0.1) is 0 Å². The summed E-state index contributed by atoms with van der Waals surface area (Å²) < 4.78 is 24.5. The number of nitrogens with zero attached hydrogens (tertiary/aromatic N) is 2. The van der Waals surface area contributed by atoms with Crippen molar-refractivity contribution in [3.8, 4) is 11.5 Å². The van der Waals surface area contributed by atoms with Crippen LogP contribution in [0.2, 0.25) is 0 Å². The molecule has 0 bridgehead atoms. The second-order valence-electron chi connectivity index (χ2n) is 6.25. The summed E-state index contributed by atoms with van der Waals surface area (Å²) in [6.45, 7) is 1.97. The fourth-order valence-electron chi connectivity index (χ4n) is 2.76. The molecule has 1 aliphatic heterocycles. The van der Waals surface area contributed by atoms with E-state index >= 15 is 0 Å². The first kappa shape index (κ1) is 18.7. The summed E-state index contributed by atoms with van der Waals surface area (Å²) in [5.41, 5.74) is 0.574. The summed E-state index contributed by atoms with van der Waals surface area (Å²) in [6.07, 6.45) is -0.651. The predicted octanol–water partition coefficient (Wildman–Crippen LogP) is 2.48. The van der Waals surface area contributed by atoms with Gasteiger partial charge in [0.2, 0.25) is 5.91 Å². The smallest absolute Gasteiger partial charge is 0.268 e. The van der Waals surface area contributed by atoms with E-state index in [-0.39, 0.29) is 37.3 Å². The zero-order valence-electron chi connectivity index (χ0n) is 15.2. The van der Waals surface area contributed by atoms with Crippen molar-refractivity contribution in [1.29, 1.82) is 0 Å². The lowest BCUT2D eigenvalue weighted by Gasteiger charge is -2.33. The number of rotatable bonds is 6. The Hall–Kier alpha value is -3.09. The number of carbonyl (C=O) groups excluding carboxylic acids is 2. The van der Waals surface area contributed by atoms with Crippen LogP contribution in [0.3, 0.4) is 0 Å². The maximum absolute atomic E-state index is 13.5. The maximum atomic E-state index is 13.5. The first-order valence-corrected chi connectivity index (χ1v) is 8.65. The Labute approximate surface area is 157 Å². The molecule has 7 heteroatoms. The van der Waals surface area contributed by atoms with Gasteiger partial charge in [0.05, 0.1) is 12.2 Å². The molecule has 0 N–H and O–H groups in total. The van der Waals surface area contributed by atoms with E-state index in [1.165, 1.54) is 21.9 Å². The number of para-hydroxylation sites is 3. The summed E-state index contributed by atoms with van der Waals surface area (Å²) in [5.74, 6) is -0.245. The van der Waals surface area contributed by atoms with E-state index in [1.807, 2.05) is 6.07 Å². The number of benzene rings is 2. The molecule has 1 aliphatic rings. The number of hydrogen-bond donors (Lipinski definition) is 0. The van der Waals surface area contributed by atoms with Crippen LogP contribution in [-0.4, -0.2) is 49.6 Å². The van der Waals surface area contributed by atoms with E-state index in [1.54, 1.807) is 44.3 Å². The van der Waals surface area contributed by atoms with Crippen LogP contribution < -0.4 is 14.4 Å². The molecule has 1 heterocycles. The Kier molecular flexibility index (Phi) is 5.59. The summed E-state index contributed by atoms with van der Waals surface area (Å²) in [6, 6.07) is 13.2. The molecular formula is C20H21FN2O4. The molecule has 142 valence electrons. The van der Waals surface area contributed by atoms with E-state index in [9.17, 15) is 14.0 Å². The Morgan fingerprint density at radius 1 is 1.22 bits per heavy atom. The van der Waals surface area contributed by atoms with Gasteiger partial charge >= 0.3 is 0 Å². The molecule has 2 aromatic carbocycles. The van der Waals surface area contributed by atoms with Gasteiger partial charge in [-0.2, -0.15) is 0 Å². The lowest BCUT2D eigenvalue weighted by Crippen LogP contribution is -2.49. The number of fused-ring (bicyclic) bond motifs is 1. The van der Waals surface area contributed by atoms with Crippen molar-refractivity contribution in [3.63, 3.8) is 0 Å². The van der Waals surface area contributed by atoms with Crippen LogP contribution in [0.1, 0.15) is 6.92 Å². The number of likely N-dealkylation sites (N-methyl/N-ethyl adjacent to an activating group) is 1. The van der Waals surface area contributed by atoms with Gasteiger partial charge in [0.1, 0.15) is 18.9 Å². The minimum absolute atomic E-state index is 0.0975. The Balaban J connectivity index is 1.59. The van der Waals surface area contributed by atoms with Gasteiger partial charge in [0.25, 0.3) is 5.91 Å². The van der Waals surface area contributed by atoms with Crippen LogP contribution in [0, 0.1) is 5.82 Å². The number of halogens is 1. The first-order valence-electron chi connectivity index (χ1n) is 8.65. The zero-order chi connectivity index (χ0) is 19.4. The van der Waals surface area contributed by atoms with Gasteiger partial charge in [-0.25, -0.2) is 4.39 Å². The van der Waals surface area contributed by atoms with Gasteiger partial charge in [0.15, 0.2) is 17.7 Å². The summed E-state index contributed by atoms with van der Waals surface area (Å²) in [5, 5.41) is 0. The minimum Gasteiger partial charge on any atom is -0.489 e. The van der Waals surface area contributed by atoms with Crippen LogP contribution in [0.15, 0.2) is 48.5 Å². The van der Waals surface area contributed by atoms with Crippen molar-refractivity contribution in [1.82, 2.24) is 4.90 Å². The molecule has 2 amide bonds. The zero-order valence-corrected chi connectivity index (χ0v) is 15.2. The quantitative estimate of drug-likeness (QED) is 0.782. The van der Waals surface area contributed by atoms with Crippen molar-refractivity contribution >= 4 is 17.5 Å². The van der Waals surface area contributed by atoms with Gasteiger partial charge in [0, 0.05) is 7.05 Å². The van der Waals surface area contributed by atoms with E-state index in [0.717, 1.165) is 0 Å². The van der Waals surface area contributed by atoms with Gasteiger partial charge in [-0.3, -0.25) is 14.5 Å². The van der Waals surface area contributed by atoms with Crippen molar-refractivity contribution in [3.05, 3.63) is 54.3 Å². The predicted molar refractivity (Wildman–Crippen MR) is 98.4 cm³/mol. The van der Waals surface area contributed by atoms with Crippen LogP contribution in [-0.2, 0) is 9.59 Å². The van der Waals surface area contributed by atoms with Crippen LogP contribution in [0.5, 0.6) is 11.5 Å². The Morgan fingerprint density at radius 3 is 2.70 bits per heavy atom. The highest BCUT2D eigenvalue weighted by Gasteiger charge is 2.33. The first-order chi connectivity index (χ1) is 13.0. The van der Waals surface area contributed by atoms with Crippen LogP contribution >= 0.6 is 0 Å². The second-order valence-corrected chi connectivity index (χ2v) is 6.25. The highest BCUT2D eigenvalue weighted by molar-refractivity contribution is 6.03. The van der Waals surface area contributed by atoms with E-state index in [2.05, 4.69) is 0 Å². The van der Waals surface area contributed by atoms with Gasteiger partial charge in [-0.1, -0.05) is 24.3 Å². The van der Waals surface area contributed by atoms with Crippen molar-refractivity contribution in [2.45, 2.75) is 13.0 Å². The fourth-order valence-corrected chi connectivity index (χ4v) is 2.76. The van der Waals surface area contributed by atoms with Crippen molar-refractivity contribution in [2.75, 3.05) is 31.6 Å². The third-order valence-electron chi connectivity index (χ3n) is 4.31. The molecule has 0 saturated heterocycles. The molecule has 1 unspecified atom stereocenters. The number of ether oxygens (including phenoxy) is 2. The van der Waals surface area contributed by atoms with E-state index in [4.69, 9.17) is 9.47 Å². The normalized spacial score (nSPS) is 15.7. The second kappa shape index (κ2) is 8.07. The average molecular weight is 372 g/mol. The molecule has 0 fully saturated rings. The van der Waals surface area contributed by atoms with Crippen LogP contribution in [0.4, 0.5) is 10.1 Å². The Bertz CT molecular complexity index is 842. The minimum atomic E-state index is -0.651. The monoisotopic (exact) mass is 372 g/mol. The number of carbonyl (C=O) groups is 2. The number of amides is 2. The summed E-state index contributed by atoms with van der Waals surface area (Å²) in [4.78, 5) is 27.9. The standard InChI is InChI=1S/C20H21FN2O4/c1-14-20(25)23(16-8-4-6-10-18(16)27-14)13-19(24)22(2)11-12-26-17-9-5-3-7-15(17)21/h3-10,14H,11-13H2,1-2H3. The SMILES string of the molecule is CC1Oc2ccccc2N(CC(=O)N(C)CCOc2ccccc2F)C1=O. The Morgan fingerprint density at radius 2 is 1.93 bits per heavy atom. The van der Waals surface area contributed by atoms with Crippen LogP contribution in [0.25, 0.3) is 0 Å². The fraction of sp³-hybridized carbons (Fsp3) is 0.300. The molecule has 1 atom stereocenters. The highest BCUT2D eigenvalue weighted by atomic mass is 19.1. The van der Waals surface area contributed by atoms with Crippen molar-refractivity contribution in [2.24, 2.45) is 0 Å². The third kappa shape index (κ3) is 4.19. The molecule has 3 rings (SSSR count). The van der Waals surface area contributed by atoms with E-state index in [0.29, 0.717) is 11.4 Å².